The van der Waals surface area contributed by atoms with Crippen LogP contribution in [0.4, 0.5) is 0 Å². The number of nitrogens with zero attached hydrogens (tertiary/aromatic N) is 2. The van der Waals surface area contributed by atoms with Gasteiger partial charge >= 0.3 is 5.97 Å². The summed E-state index contributed by atoms with van der Waals surface area (Å²) < 4.78 is 0. The van der Waals surface area contributed by atoms with E-state index in [4.69, 9.17) is 0 Å². The van der Waals surface area contributed by atoms with Crippen molar-refractivity contribution in [3.63, 3.8) is 0 Å². The fourth-order valence-electron chi connectivity index (χ4n) is 4.10. The summed E-state index contributed by atoms with van der Waals surface area (Å²) in [6.45, 7) is 2.79. The first kappa shape index (κ1) is 16.8. The maximum absolute atomic E-state index is 13.1. The van der Waals surface area contributed by atoms with E-state index in [1.165, 1.54) is 0 Å². The van der Waals surface area contributed by atoms with E-state index in [2.05, 4.69) is 4.98 Å². The third kappa shape index (κ3) is 2.98. The van der Waals surface area contributed by atoms with E-state index in [0.29, 0.717) is 24.6 Å². The van der Waals surface area contributed by atoms with Gasteiger partial charge in [0.25, 0.3) is 5.91 Å². The lowest BCUT2D eigenvalue weighted by atomic mass is 9.92. The molecule has 0 unspecified atom stereocenters. The number of pyridine rings is 1. The SMILES string of the molecule is Cc1c(C(=O)N2C[C@H](C(=O)O)[C@@H](C3CC3)C2)cccc1-c1ccccn1. The van der Waals surface area contributed by atoms with Gasteiger partial charge in [-0.15, -0.1) is 0 Å². The molecule has 134 valence electrons. The number of aliphatic carboxylic acids is 1. The van der Waals surface area contributed by atoms with Crippen molar-refractivity contribution in [1.82, 2.24) is 9.88 Å². The topological polar surface area (TPSA) is 70.5 Å². The Hall–Kier alpha value is -2.69. The average Bonchev–Trinajstić information content (AvgIpc) is 3.40. The Labute approximate surface area is 152 Å². The van der Waals surface area contributed by atoms with Crippen LogP contribution in [0.25, 0.3) is 11.3 Å². The summed E-state index contributed by atoms with van der Waals surface area (Å²) in [7, 11) is 0. The van der Waals surface area contributed by atoms with Gasteiger partial charge in [-0.1, -0.05) is 18.2 Å². The molecule has 0 bridgehead atoms. The molecule has 2 fully saturated rings. The molecule has 2 aromatic rings. The van der Waals surface area contributed by atoms with Crippen molar-refractivity contribution in [1.29, 1.82) is 0 Å². The second-order valence-electron chi connectivity index (χ2n) is 7.35. The fraction of sp³-hybridized carbons (Fsp3) is 0.381. The second-order valence-corrected chi connectivity index (χ2v) is 7.35. The number of carboxylic acid groups (broad SMARTS) is 1. The van der Waals surface area contributed by atoms with E-state index >= 15 is 0 Å². The molecule has 2 aliphatic rings. The van der Waals surface area contributed by atoms with Crippen LogP contribution in [0.2, 0.25) is 0 Å². The van der Waals surface area contributed by atoms with Gasteiger partial charge < -0.3 is 10.0 Å². The molecule has 4 rings (SSSR count). The van der Waals surface area contributed by atoms with E-state index < -0.39 is 11.9 Å². The number of hydrogen-bond donors (Lipinski definition) is 1. The van der Waals surface area contributed by atoms with Gasteiger partial charge in [0.15, 0.2) is 0 Å². The van der Waals surface area contributed by atoms with Crippen LogP contribution in [0, 0.1) is 24.7 Å². The second kappa shape index (κ2) is 6.56. The van der Waals surface area contributed by atoms with Crippen molar-refractivity contribution in [2.24, 2.45) is 17.8 Å². The first-order valence-corrected chi connectivity index (χ1v) is 9.09. The van der Waals surface area contributed by atoms with Gasteiger partial charge in [0, 0.05) is 30.4 Å². The number of hydrogen-bond acceptors (Lipinski definition) is 3. The highest BCUT2D eigenvalue weighted by atomic mass is 16.4. The highest BCUT2D eigenvalue weighted by Gasteiger charge is 2.47. The Bertz CT molecular complexity index is 846. The molecule has 0 spiro atoms. The molecular weight excluding hydrogens is 328 g/mol. The van der Waals surface area contributed by atoms with Gasteiger partial charge in [0.05, 0.1) is 11.6 Å². The predicted octanol–water partition coefficient (Wildman–Crippen LogP) is 3.24. The van der Waals surface area contributed by atoms with Gasteiger partial charge in [-0.25, -0.2) is 0 Å². The number of carboxylic acids is 1. The number of benzene rings is 1. The standard InChI is InChI=1S/C21H22N2O3/c1-13-15(19-7-2-3-10-22-19)5-4-6-16(13)20(24)23-11-17(14-8-9-14)18(12-23)21(25)26/h2-7,10,14,17-18H,8-9,11-12H2,1H3,(H,25,26)/t17-,18+/m1/s1. The maximum Gasteiger partial charge on any atom is 0.308 e. The summed E-state index contributed by atoms with van der Waals surface area (Å²) in [4.78, 5) is 30.8. The summed E-state index contributed by atoms with van der Waals surface area (Å²) in [5.41, 5.74) is 3.29. The number of carbonyl (C=O) groups is 2. The molecule has 1 aliphatic heterocycles. The van der Waals surface area contributed by atoms with Crippen molar-refractivity contribution in [2.75, 3.05) is 13.1 Å². The zero-order valence-electron chi connectivity index (χ0n) is 14.8. The van der Waals surface area contributed by atoms with Crippen molar-refractivity contribution < 1.29 is 14.7 Å². The van der Waals surface area contributed by atoms with Crippen molar-refractivity contribution in [3.8, 4) is 11.3 Å². The lowest BCUT2D eigenvalue weighted by Crippen LogP contribution is -2.30. The minimum atomic E-state index is -0.781. The molecule has 1 aromatic heterocycles. The predicted molar refractivity (Wildman–Crippen MR) is 97.7 cm³/mol. The summed E-state index contributed by atoms with van der Waals surface area (Å²) in [6.07, 6.45) is 3.91. The summed E-state index contributed by atoms with van der Waals surface area (Å²) in [6, 6.07) is 11.4. The van der Waals surface area contributed by atoms with E-state index in [1.807, 2.05) is 43.3 Å². The van der Waals surface area contributed by atoms with E-state index in [0.717, 1.165) is 29.7 Å². The molecule has 1 amide bonds. The molecule has 1 aliphatic carbocycles. The molecule has 5 heteroatoms. The lowest BCUT2D eigenvalue weighted by molar-refractivity contribution is -0.142. The number of carbonyl (C=O) groups excluding carboxylic acids is 1. The van der Waals surface area contributed by atoms with Crippen molar-refractivity contribution in [2.45, 2.75) is 19.8 Å². The van der Waals surface area contributed by atoms with Crippen molar-refractivity contribution in [3.05, 3.63) is 53.7 Å². The van der Waals surface area contributed by atoms with Crippen LogP contribution >= 0.6 is 0 Å². The summed E-state index contributed by atoms with van der Waals surface area (Å²) >= 11 is 0. The number of likely N-dealkylation sites (tertiary alicyclic amines) is 1. The number of amides is 1. The molecule has 2 heterocycles. The van der Waals surface area contributed by atoms with Gasteiger partial charge in [-0.2, -0.15) is 0 Å². The molecule has 1 N–H and O–H groups in total. The third-order valence-electron chi connectivity index (χ3n) is 5.70. The largest absolute Gasteiger partial charge is 0.481 e. The Balaban J connectivity index is 1.62. The zero-order valence-corrected chi connectivity index (χ0v) is 14.8. The van der Waals surface area contributed by atoms with Crippen LogP contribution in [0.1, 0.15) is 28.8 Å². The normalized spacial score (nSPS) is 22.4. The Morgan fingerprint density at radius 1 is 1.12 bits per heavy atom. The monoisotopic (exact) mass is 350 g/mol. The van der Waals surface area contributed by atoms with Crippen LogP contribution in [0.15, 0.2) is 42.6 Å². The van der Waals surface area contributed by atoms with Crippen LogP contribution in [-0.4, -0.2) is 40.0 Å². The van der Waals surface area contributed by atoms with Crippen LogP contribution in [-0.2, 0) is 4.79 Å². The highest BCUT2D eigenvalue weighted by Crippen LogP contribution is 2.44. The Kier molecular flexibility index (Phi) is 4.23. The number of aromatic nitrogens is 1. The average molecular weight is 350 g/mol. The molecule has 0 radical (unpaired) electrons. The molecular formula is C21H22N2O3. The summed E-state index contributed by atoms with van der Waals surface area (Å²) in [5, 5.41) is 9.53. The van der Waals surface area contributed by atoms with Crippen molar-refractivity contribution >= 4 is 11.9 Å². The van der Waals surface area contributed by atoms with Gasteiger partial charge in [-0.05, 0) is 55.4 Å². The fourth-order valence-corrected chi connectivity index (χ4v) is 4.10. The first-order chi connectivity index (χ1) is 12.6. The first-order valence-electron chi connectivity index (χ1n) is 9.09. The van der Waals surface area contributed by atoms with Crippen LogP contribution in [0.5, 0.6) is 0 Å². The smallest absolute Gasteiger partial charge is 0.308 e. The number of rotatable bonds is 4. The van der Waals surface area contributed by atoms with Crippen LogP contribution < -0.4 is 0 Å². The van der Waals surface area contributed by atoms with Gasteiger partial charge in [0.1, 0.15) is 0 Å². The maximum atomic E-state index is 13.1. The Morgan fingerprint density at radius 2 is 1.92 bits per heavy atom. The van der Waals surface area contributed by atoms with Crippen LogP contribution in [0.3, 0.4) is 0 Å². The minimum absolute atomic E-state index is 0.0744. The van der Waals surface area contributed by atoms with E-state index in [9.17, 15) is 14.7 Å². The molecule has 5 nitrogen and oxygen atoms in total. The van der Waals surface area contributed by atoms with Gasteiger partial charge in [-0.3, -0.25) is 14.6 Å². The van der Waals surface area contributed by atoms with E-state index in [1.54, 1.807) is 11.1 Å². The molecule has 1 aromatic carbocycles. The van der Waals surface area contributed by atoms with E-state index in [-0.39, 0.29) is 11.8 Å². The lowest BCUT2D eigenvalue weighted by Gasteiger charge is -2.19. The summed E-state index contributed by atoms with van der Waals surface area (Å²) in [5.74, 6) is -0.734. The minimum Gasteiger partial charge on any atom is -0.481 e. The molecule has 2 atom stereocenters. The molecule has 1 saturated heterocycles. The van der Waals surface area contributed by atoms with Gasteiger partial charge in [0.2, 0.25) is 0 Å². The highest BCUT2D eigenvalue weighted by molar-refractivity contribution is 5.98. The quantitative estimate of drug-likeness (QED) is 0.919. The molecule has 26 heavy (non-hydrogen) atoms. The third-order valence-corrected chi connectivity index (χ3v) is 5.70. The zero-order chi connectivity index (χ0) is 18.3. The molecule has 1 saturated carbocycles. The Morgan fingerprint density at radius 3 is 2.58 bits per heavy atom.